The summed E-state index contributed by atoms with van der Waals surface area (Å²) in [6.45, 7) is 0.906. The molecule has 2 nitrogen and oxygen atoms in total. The molecule has 2 fully saturated rings. The molecule has 0 saturated heterocycles. The lowest BCUT2D eigenvalue weighted by Crippen LogP contribution is -2.38. The van der Waals surface area contributed by atoms with E-state index in [1.165, 1.54) is 6.20 Å². The highest BCUT2D eigenvalue weighted by atomic mass is 19.3. The summed E-state index contributed by atoms with van der Waals surface area (Å²) >= 11 is 0. The van der Waals surface area contributed by atoms with Crippen LogP contribution in [0.4, 0.5) is 13.2 Å². The molecule has 0 aliphatic heterocycles. The number of nitrogens with zero attached hydrogens (tertiary/aromatic N) is 1. The first kappa shape index (κ1) is 25.8. The monoisotopic (exact) mass is 521 g/mol. The first-order valence-corrected chi connectivity index (χ1v) is 14.6. The number of rotatable bonds is 6. The van der Waals surface area contributed by atoms with Crippen molar-refractivity contribution in [3.05, 3.63) is 70.3 Å². The highest BCUT2D eigenvalue weighted by Gasteiger charge is 2.55. The third-order valence-electron chi connectivity index (χ3n) is 10.2. The summed E-state index contributed by atoms with van der Waals surface area (Å²) in [5, 5.41) is 0. The maximum Gasteiger partial charge on any atom is 0.272 e. The maximum absolute atomic E-state index is 14.2. The quantitative estimate of drug-likeness (QED) is 0.381. The van der Waals surface area contributed by atoms with Crippen LogP contribution in [0.15, 0.2) is 36.5 Å². The SMILES string of the molecule is CC(F)(F)c1cnc2c(c1)CC(C(=O)[C@@]13CCC[C@@H]1C[C@@H](CC[C@H]1CCC=Cc4ccc(F)cc41)C3)CC2. The molecule has 38 heavy (non-hydrogen) atoms. The lowest BCUT2D eigenvalue weighted by atomic mass is 9.68. The van der Waals surface area contributed by atoms with Crippen LogP contribution in [-0.2, 0) is 23.6 Å². The molecule has 2 saturated carbocycles. The van der Waals surface area contributed by atoms with Crippen molar-refractivity contribution >= 4 is 11.9 Å². The zero-order chi connectivity index (χ0) is 26.5. The number of allylic oxidation sites excluding steroid dienone is 1. The fourth-order valence-electron chi connectivity index (χ4n) is 8.34. The standard InChI is InChI=1S/C33H38F3NO/c1-32(35,36)27-17-25-16-24(11-13-30(25)37-20-27)31(38)33-14-4-7-26(33)15-21(19-33)8-9-22-5-2-3-6-23-10-12-28(34)18-29(22)23/h3,6,10,12,17-18,20-22,24,26H,2,4-5,7-9,11,13-16,19H2,1H3/t21-,22-,24?,26-,33-/m1/s1. The fourth-order valence-corrected chi connectivity index (χ4v) is 8.34. The summed E-state index contributed by atoms with van der Waals surface area (Å²) in [6, 6.07) is 6.76. The van der Waals surface area contributed by atoms with Gasteiger partial charge in [0.05, 0.1) is 0 Å². The Morgan fingerprint density at radius 3 is 2.87 bits per heavy atom. The van der Waals surface area contributed by atoms with Crippen LogP contribution in [0.3, 0.4) is 0 Å². The number of ketones is 1. The Kier molecular flexibility index (Phi) is 6.76. The van der Waals surface area contributed by atoms with E-state index in [-0.39, 0.29) is 22.7 Å². The van der Waals surface area contributed by atoms with Gasteiger partial charge in [-0.1, -0.05) is 24.6 Å². The van der Waals surface area contributed by atoms with E-state index in [0.29, 0.717) is 36.4 Å². The number of alkyl halides is 2. The van der Waals surface area contributed by atoms with E-state index in [0.717, 1.165) is 93.5 Å². The molecule has 202 valence electrons. The number of aryl methyl sites for hydroxylation is 1. The number of aromatic nitrogens is 1. The zero-order valence-electron chi connectivity index (χ0n) is 22.3. The molecular weight excluding hydrogens is 483 g/mol. The summed E-state index contributed by atoms with van der Waals surface area (Å²) in [5.74, 6) is -1.45. The van der Waals surface area contributed by atoms with E-state index in [9.17, 15) is 18.0 Å². The van der Waals surface area contributed by atoms with Gasteiger partial charge in [-0.25, -0.2) is 13.2 Å². The summed E-state index contributed by atoms with van der Waals surface area (Å²) in [5.41, 5.74) is 3.69. The van der Waals surface area contributed by atoms with Gasteiger partial charge in [-0.05, 0) is 123 Å². The number of hydrogen-bond donors (Lipinski definition) is 0. The Morgan fingerprint density at radius 1 is 1.16 bits per heavy atom. The fraction of sp³-hybridized carbons (Fsp3) is 0.576. The smallest absolute Gasteiger partial charge is 0.272 e. The number of halogens is 3. The number of carbonyl (C=O) groups excluding carboxylic acids is 1. The molecule has 6 rings (SSSR count). The van der Waals surface area contributed by atoms with E-state index in [1.54, 1.807) is 18.2 Å². The Balaban J connectivity index is 1.15. The first-order valence-electron chi connectivity index (χ1n) is 14.6. The molecule has 0 amide bonds. The van der Waals surface area contributed by atoms with Gasteiger partial charge in [0.25, 0.3) is 5.92 Å². The molecule has 0 spiro atoms. The predicted molar refractivity (Wildman–Crippen MR) is 143 cm³/mol. The van der Waals surface area contributed by atoms with Crippen molar-refractivity contribution in [3.63, 3.8) is 0 Å². The van der Waals surface area contributed by atoms with Crippen molar-refractivity contribution in [1.29, 1.82) is 0 Å². The minimum Gasteiger partial charge on any atom is -0.299 e. The van der Waals surface area contributed by atoms with Crippen molar-refractivity contribution < 1.29 is 18.0 Å². The van der Waals surface area contributed by atoms with E-state index in [2.05, 4.69) is 17.1 Å². The third-order valence-corrected chi connectivity index (χ3v) is 10.2. The van der Waals surface area contributed by atoms with Crippen LogP contribution in [0.1, 0.15) is 105 Å². The number of hydrogen-bond acceptors (Lipinski definition) is 2. The largest absolute Gasteiger partial charge is 0.299 e. The highest BCUT2D eigenvalue weighted by molar-refractivity contribution is 5.88. The lowest BCUT2D eigenvalue weighted by Gasteiger charge is -2.34. The normalized spacial score (nSPS) is 30.4. The molecule has 0 N–H and O–H groups in total. The van der Waals surface area contributed by atoms with Gasteiger partial charge in [-0.3, -0.25) is 9.78 Å². The van der Waals surface area contributed by atoms with Crippen LogP contribution in [0.5, 0.6) is 0 Å². The second-order valence-corrected chi connectivity index (χ2v) is 12.6. The van der Waals surface area contributed by atoms with Crippen molar-refractivity contribution in [2.24, 2.45) is 23.2 Å². The van der Waals surface area contributed by atoms with Crippen molar-refractivity contribution in [3.8, 4) is 0 Å². The lowest BCUT2D eigenvalue weighted by molar-refractivity contribution is -0.134. The topological polar surface area (TPSA) is 30.0 Å². The molecule has 2 aromatic rings. The zero-order valence-corrected chi connectivity index (χ0v) is 22.3. The third kappa shape index (κ3) is 4.75. The van der Waals surface area contributed by atoms with Crippen molar-refractivity contribution in [2.75, 3.05) is 0 Å². The van der Waals surface area contributed by atoms with Gasteiger partial charge in [0.1, 0.15) is 11.6 Å². The minimum atomic E-state index is -2.92. The van der Waals surface area contributed by atoms with Gasteiger partial charge < -0.3 is 0 Å². The molecule has 1 unspecified atom stereocenters. The van der Waals surface area contributed by atoms with Gasteiger partial charge in [0.15, 0.2) is 0 Å². The van der Waals surface area contributed by atoms with Crippen LogP contribution in [0, 0.1) is 29.0 Å². The number of fused-ring (bicyclic) bond motifs is 3. The van der Waals surface area contributed by atoms with Crippen LogP contribution >= 0.6 is 0 Å². The maximum atomic E-state index is 14.2. The molecule has 4 aliphatic carbocycles. The average molecular weight is 522 g/mol. The average Bonchev–Trinajstić information content (AvgIpc) is 3.38. The van der Waals surface area contributed by atoms with Crippen molar-refractivity contribution in [2.45, 2.75) is 95.8 Å². The number of benzene rings is 1. The summed E-state index contributed by atoms with van der Waals surface area (Å²) in [7, 11) is 0. The van der Waals surface area contributed by atoms with E-state index < -0.39 is 5.92 Å². The molecule has 1 heterocycles. The molecule has 5 heteroatoms. The van der Waals surface area contributed by atoms with Gasteiger partial charge in [-0.2, -0.15) is 0 Å². The van der Waals surface area contributed by atoms with Crippen LogP contribution in [-0.4, -0.2) is 10.8 Å². The van der Waals surface area contributed by atoms with E-state index in [4.69, 9.17) is 0 Å². The molecule has 1 aromatic heterocycles. The van der Waals surface area contributed by atoms with E-state index in [1.807, 2.05) is 6.07 Å². The van der Waals surface area contributed by atoms with Crippen LogP contribution in [0.2, 0.25) is 0 Å². The minimum absolute atomic E-state index is 0.0580. The summed E-state index contributed by atoms with van der Waals surface area (Å²) in [6.07, 6.45) is 17.1. The Bertz CT molecular complexity index is 1250. The van der Waals surface area contributed by atoms with Gasteiger partial charge >= 0.3 is 0 Å². The second-order valence-electron chi connectivity index (χ2n) is 12.6. The predicted octanol–water partition coefficient (Wildman–Crippen LogP) is 8.57. The number of carbonyl (C=O) groups is 1. The molecule has 0 bridgehead atoms. The molecule has 0 radical (unpaired) electrons. The molecular formula is C33H38F3NO. The molecule has 1 aromatic carbocycles. The first-order chi connectivity index (χ1) is 18.2. The van der Waals surface area contributed by atoms with Gasteiger partial charge in [-0.15, -0.1) is 0 Å². The molecule has 4 aliphatic rings. The Hall–Kier alpha value is -2.43. The van der Waals surface area contributed by atoms with Crippen LogP contribution in [0.25, 0.3) is 6.08 Å². The Labute approximate surface area is 224 Å². The van der Waals surface area contributed by atoms with E-state index >= 15 is 0 Å². The highest BCUT2D eigenvalue weighted by Crippen LogP contribution is 2.59. The number of pyridine rings is 1. The Morgan fingerprint density at radius 2 is 2.03 bits per heavy atom. The van der Waals surface area contributed by atoms with Crippen LogP contribution < -0.4 is 0 Å². The summed E-state index contributed by atoms with van der Waals surface area (Å²) < 4.78 is 42.0. The summed E-state index contributed by atoms with van der Waals surface area (Å²) in [4.78, 5) is 18.5. The van der Waals surface area contributed by atoms with Crippen molar-refractivity contribution in [1.82, 2.24) is 4.98 Å². The second kappa shape index (κ2) is 9.95. The molecule has 5 atom stereocenters. The van der Waals surface area contributed by atoms with Gasteiger partial charge in [0.2, 0.25) is 0 Å². The van der Waals surface area contributed by atoms with Gasteiger partial charge in [0, 0.05) is 35.7 Å². The number of Topliss-reactive ketones (excluding diaryl/α,β-unsaturated/α-hetero) is 1.